The first-order valence-electron chi connectivity index (χ1n) is 6.32. The summed E-state index contributed by atoms with van der Waals surface area (Å²) in [5.41, 5.74) is 7.99. The summed E-state index contributed by atoms with van der Waals surface area (Å²) in [6.07, 6.45) is 2.69. The number of aromatic nitrogens is 1. The van der Waals surface area contributed by atoms with Crippen LogP contribution < -0.4 is 11.1 Å². The first-order valence-corrected chi connectivity index (χ1v) is 6.32. The van der Waals surface area contributed by atoms with Crippen molar-refractivity contribution in [3.8, 4) is 0 Å². The quantitative estimate of drug-likeness (QED) is 0.631. The van der Waals surface area contributed by atoms with E-state index in [4.69, 9.17) is 5.73 Å². The van der Waals surface area contributed by atoms with E-state index in [2.05, 4.69) is 27.4 Å². The lowest BCUT2D eigenvalue weighted by atomic mass is 10.1. The summed E-state index contributed by atoms with van der Waals surface area (Å²) >= 11 is 0. The SMILES string of the molecule is NC(=NCc1ccccn1)NCCc1ccccc1. The van der Waals surface area contributed by atoms with Gasteiger partial charge >= 0.3 is 0 Å². The molecule has 0 aliphatic carbocycles. The van der Waals surface area contributed by atoms with E-state index >= 15 is 0 Å². The van der Waals surface area contributed by atoms with Crippen molar-refractivity contribution in [1.82, 2.24) is 10.3 Å². The molecule has 19 heavy (non-hydrogen) atoms. The van der Waals surface area contributed by atoms with Gasteiger partial charge in [0.1, 0.15) is 0 Å². The molecule has 0 saturated heterocycles. The number of guanidine groups is 1. The predicted molar refractivity (Wildman–Crippen MR) is 77.7 cm³/mol. The van der Waals surface area contributed by atoms with Crippen LogP contribution in [0.2, 0.25) is 0 Å². The van der Waals surface area contributed by atoms with Crippen molar-refractivity contribution >= 4 is 5.96 Å². The van der Waals surface area contributed by atoms with Crippen LogP contribution in [-0.4, -0.2) is 17.5 Å². The second kappa shape index (κ2) is 7.16. The second-order valence-electron chi connectivity index (χ2n) is 4.18. The van der Waals surface area contributed by atoms with Crippen molar-refractivity contribution in [3.05, 3.63) is 66.0 Å². The summed E-state index contributed by atoms with van der Waals surface area (Å²) in [4.78, 5) is 8.43. The zero-order valence-electron chi connectivity index (χ0n) is 10.8. The number of benzene rings is 1. The van der Waals surface area contributed by atoms with Crippen LogP contribution in [-0.2, 0) is 13.0 Å². The maximum Gasteiger partial charge on any atom is 0.188 e. The third kappa shape index (κ3) is 4.79. The molecule has 2 rings (SSSR count). The molecular weight excluding hydrogens is 236 g/mol. The van der Waals surface area contributed by atoms with Crippen molar-refractivity contribution in [2.24, 2.45) is 10.7 Å². The number of hydrogen-bond donors (Lipinski definition) is 2. The molecule has 0 spiro atoms. The third-order valence-corrected chi connectivity index (χ3v) is 2.70. The Kier molecular flexibility index (Phi) is 4.93. The topological polar surface area (TPSA) is 63.3 Å². The molecule has 0 atom stereocenters. The first-order chi connectivity index (χ1) is 9.34. The molecule has 0 fully saturated rings. The monoisotopic (exact) mass is 254 g/mol. The van der Waals surface area contributed by atoms with E-state index in [1.165, 1.54) is 5.56 Å². The van der Waals surface area contributed by atoms with E-state index in [0.29, 0.717) is 12.5 Å². The molecule has 0 amide bonds. The van der Waals surface area contributed by atoms with Gasteiger partial charge < -0.3 is 11.1 Å². The molecule has 0 radical (unpaired) electrons. The molecule has 0 saturated carbocycles. The summed E-state index contributed by atoms with van der Waals surface area (Å²) < 4.78 is 0. The predicted octanol–water partition coefficient (Wildman–Crippen LogP) is 1.73. The van der Waals surface area contributed by atoms with Crippen LogP contribution in [0.3, 0.4) is 0 Å². The zero-order chi connectivity index (χ0) is 13.3. The molecular formula is C15H18N4. The van der Waals surface area contributed by atoms with Crippen LogP contribution in [0, 0.1) is 0 Å². The largest absolute Gasteiger partial charge is 0.370 e. The van der Waals surface area contributed by atoms with Crippen molar-refractivity contribution in [2.45, 2.75) is 13.0 Å². The number of hydrogen-bond acceptors (Lipinski definition) is 2. The summed E-state index contributed by atoms with van der Waals surface area (Å²) in [5, 5.41) is 3.10. The minimum atomic E-state index is 0.460. The fourth-order valence-corrected chi connectivity index (χ4v) is 1.69. The van der Waals surface area contributed by atoms with Gasteiger partial charge in [0.25, 0.3) is 0 Å². The van der Waals surface area contributed by atoms with Crippen molar-refractivity contribution < 1.29 is 0 Å². The maximum absolute atomic E-state index is 5.80. The zero-order valence-corrected chi connectivity index (χ0v) is 10.8. The van der Waals surface area contributed by atoms with Crippen molar-refractivity contribution in [3.63, 3.8) is 0 Å². The molecule has 0 aliphatic heterocycles. The van der Waals surface area contributed by atoms with Gasteiger partial charge in [-0.25, -0.2) is 4.99 Å². The Morgan fingerprint density at radius 1 is 1.11 bits per heavy atom. The van der Waals surface area contributed by atoms with Gasteiger partial charge in [-0.1, -0.05) is 36.4 Å². The normalized spacial score (nSPS) is 11.3. The van der Waals surface area contributed by atoms with Gasteiger partial charge in [-0.3, -0.25) is 4.98 Å². The average molecular weight is 254 g/mol. The molecule has 2 aromatic rings. The molecule has 3 N–H and O–H groups in total. The number of aliphatic imine (C=N–C) groups is 1. The summed E-state index contributed by atoms with van der Waals surface area (Å²) in [7, 11) is 0. The van der Waals surface area contributed by atoms with Gasteiger partial charge in [-0.05, 0) is 24.1 Å². The molecule has 4 nitrogen and oxygen atoms in total. The van der Waals surface area contributed by atoms with Crippen LogP contribution in [0.5, 0.6) is 0 Å². The number of nitrogens with zero attached hydrogens (tertiary/aromatic N) is 2. The molecule has 1 heterocycles. The first kappa shape index (κ1) is 13.1. The smallest absolute Gasteiger partial charge is 0.188 e. The number of pyridine rings is 1. The standard InChI is InChI=1S/C15H18N4/c16-15(19-12-14-8-4-5-10-17-14)18-11-9-13-6-2-1-3-7-13/h1-8,10H,9,11-12H2,(H3,16,18,19). The Bertz CT molecular complexity index is 508. The lowest BCUT2D eigenvalue weighted by Crippen LogP contribution is -2.33. The van der Waals surface area contributed by atoms with Crippen molar-refractivity contribution in [1.29, 1.82) is 0 Å². The number of rotatable bonds is 5. The van der Waals surface area contributed by atoms with Gasteiger partial charge in [-0.2, -0.15) is 0 Å². The second-order valence-corrected chi connectivity index (χ2v) is 4.18. The third-order valence-electron chi connectivity index (χ3n) is 2.70. The maximum atomic E-state index is 5.80. The highest BCUT2D eigenvalue weighted by molar-refractivity contribution is 5.77. The minimum Gasteiger partial charge on any atom is -0.370 e. The summed E-state index contributed by atoms with van der Waals surface area (Å²) in [6.45, 7) is 1.28. The highest BCUT2D eigenvalue weighted by atomic mass is 15.1. The molecule has 1 aromatic carbocycles. The molecule has 0 bridgehead atoms. The van der Waals surface area contributed by atoms with Gasteiger partial charge in [-0.15, -0.1) is 0 Å². The Morgan fingerprint density at radius 2 is 1.89 bits per heavy atom. The van der Waals surface area contributed by atoms with Crippen molar-refractivity contribution in [2.75, 3.05) is 6.54 Å². The molecule has 4 heteroatoms. The van der Waals surface area contributed by atoms with E-state index in [-0.39, 0.29) is 0 Å². The number of nitrogens with two attached hydrogens (primary N) is 1. The van der Waals surface area contributed by atoms with E-state index in [1.807, 2.05) is 36.4 Å². The highest BCUT2D eigenvalue weighted by Crippen LogP contribution is 1.98. The van der Waals surface area contributed by atoms with E-state index in [0.717, 1.165) is 18.7 Å². The Labute approximate surface area is 113 Å². The van der Waals surface area contributed by atoms with Crippen LogP contribution >= 0.6 is 0 Å². The van der Waals surface area contributed by atoms with E-state index in [1.54, 1.807) is 6.20 Å². The van der Waals surface area contributed by atoms with Gasteiger partial charge in [0.2, 0.25) is 0 Å². The summed E-state index contributed by atoms with van der Waals surface area (Å²) in [6, 6.07) is 16.0. The van der Waals surface area contributed by atoms with E-state index < -0.39 is 0 Å². The molecule has 1 aromatic heterocycles. The van der Waals surface area contributed by atoms with Crippen LogP contribution in [0.15, 0.2) is 59.7 Å². The Hall–Kier alpha value is -2.36. The van der Waals surface area contributed by atoms with Crippen LogP contribution in [0.4, 0.5) is 0 Å². The van der Waals surface area contributed by atoms with Gasteiger partial charge in [0.05, 0.1) is 12.2 Å². The number of nitrogens with one attached hydrogen (secondary N) is 1. The van der Waals surface area contributed by atoms with E-state index in [9.17, 15) is 0 Å². The lowest BCUT2D eigenvalue weighted by molar-refractivity contribution is 0.844. The van der Waals surface area contributed by atoms with Gasteiger partial charge in [0, 0.05) is 12.7 Å². The van der Waals surface area contributed by atoms with Crippen LogP contribution in [0.25, 0.3) is 0 Å². The fraction of sp³-hybridized carbons (Fsp3) is 0.200. The lowest BCUT2D eigenvalue weighted by Gasteiger charge is -2.05. The highest BCUT2D eigenvalue weighted by Gasteiger charge is 1.95. The van der Waals surface area contributed by atoms with Gasteiger partial charge in [0.15, 0.2) is 5.96 Å². The Morgan fingerprint density at radius 3 is 2.63 bits per heavy atom. The molecule has 98 valence electrons. The summed E-state index contributed by atoms with van der Waals surface area (Å²) in [5.74, 6) is 0.460. The average Bonchev–Trinajstić information content (AvgIpc) is 2.47. The fourth-order valence-electron chi connectivity index (χ4n) is 1.69. The minimum absolute atomic E-state index is 0.460. The Balaban J connectivity index is 1.74. The van der Waals surface area contributed by atoms with Crippen LogP contribution in [0.1, 0.15) is 11.3 Å². The molecule has 0 aliphatic rings. The molecule has 0 unspecified atom stereocenters.